The summed E-state index contributed by atoms with van der Waals surface area (Å²) in [5, 5.41) is 9.12. The van der Waals surface area contributed by atoms with Crippen LogP contribution in [0.3, 0.4) is 0 Å². The summed E-state index contributed by atoms with van der Waals surface area (Å²) >= 11 is 0. The van der Waals surface area contributed by atoms with Gasteiger partial charge in [-0.2, -0.15) is 18.3 Å². The van der Waals surface area contributed by atoms with Gasteiger partial charge in [0.1, 0.15) is 5.69 Å². The molecule has 2 rings (SSSR count). The van der Waals surface area contributed by atoms with E-state index in [-0.39, 0.29) is 5.69 Å². The van der Waals surface area contributed by atoms with Crippen molar-refractivity contribution < 1.29 is 18.0 Å². The monoisotopic (exact) mass is 298 g/mol. The number of aromatic nitrogens is 3. The first kappa shape index (κ1) is 15.0. The summed E-state index contributed by atoms with van der Waals surface area (Å²) in [5.74, 6) is -0.302. The Morgan fingerprint density at radius 1 is 1.38 bits per heavy atom. The summed E-state index contributed by atoms with van der Waals surface area (Å²) in [5.41, 5.74) is -0.139. The molecule has 0 radical (unpaired) electrons. The third-order valence-electron chi connectivity index (χ3n) is 2.72. The van der Waals surface area contributed by atoms with Crippen LogP contribution in [0.4, 0.5) is 19.0 Å². The highest BCUT2D eigenvalue weighted by Crippen LogP contribution is 2.28. The average molecular weight is 298 g/mol. The second-order valence-corrected chi connectivity index (χ2v) is 4.41. The van der Waals surface area contributed by atoms with E-state index in [4.69, 9.17) is 0 Å². The zero-order valence-electron chi connectivity index (χ0n) is 11.2. The van der Waals surface area contributed by atoms with E-state index in [0.29, 0.717) is 12.0 Å². The van der Waals surface area contributed by atoms with Crippen LogP contribution in [0.15, 0.2) is 24.4 Å². The lowest BCUT2D eigenvalue weighted by molar-refractivity contribution is -0.137. The van der Waals surface area contributed by atoms with Gasteiger partial charge in [0.2, 0.25) is 0 Å². The molecule has 0 spiro atoms. The Morgan fingerprint density at radius 2 is 2.14 bits per heavy atom. The molecule has 1 amide bonds. The number of pyridine rings is 1. The third-order valence-corrected chi connectivity index (χ3v) is 2.72. The lowest BCUT2D eigenvalue weighted by Gasteiger charge is -2.06. The maximum atomic E-state index is 12.4. The molecule has 0 aromatic carbocycles. The standard InChI is InChI=1S/C13H13F3N4O/c1-2-3-9-6-11(20-19-9)18-12(21)10-5-4-8(7-17-10)13(14,15)16/h4-7H,2-3H2,1H3,(H2,18,19,20,21). The molecular formula is C13H13F3N4O. The van der Waals surface area contributed by atoms with Crippen LogP contribution in [0.5, 0.6) is 0 Å². The number of halogens is 3. The van der Waals surface area contributed by atoms with Crippen molar-refractivity contribution in [2.45, 2.75) is 25.9 Å². The van der Waals surface area contributed by atoms with Gasteiger partial charge in [0.25, 0.3) is 5.91 Å². The highest BCUT2D eigenvalue weighted by Gasteiger charge is 2.30. The van der Waals surface area contributed by atoms with Gasteiger partial charge in [-0.1, -0.05) is 13.3 Å². The minimum absolute atomic E-state index is 0.108. The van der Waals surface area contributed by atoms with E-state index >= 15 is 0 Å². The number of aryl methyl sites for hydroxylation is 1. The van der Waals surface area contributed by atoms with E-state index in [1.54, 1.807) is 6.07 Å². The minimum Gasteiger partial charge on any atom is -0.304 e. The van der Waals surface area contributed by atoms with Gasteiger partial charge in [0.05, 0.1) is 5.56 Å². The molecule has 21 heavy (non-hydrogen) atoms. The van der Waals surface area contributed by atoms with Crippen LogP contribution in [0.1, 0.15) is 35.1 Å². The maximum Gasteiger partial charge on any atom is 0.417 e. The molecule has 8 heteroatoms. The average Bonchev–Trinajstić information content (AvgIpc) is 2.86. The summed E-state index contributed by atoms with van der Waals surface area (Å²) in [6, 6.07) is 3.51. The fourth-order valence-corrected chi connectivity index (χ4v) is 1.70. The molecule has 0 saturated carbocycles. The zero-order valence-corrected chi connectivity index (χ0v) is 11.2. The third kappa shape index (κ3) is 3.80. The molecule has 2 aromatic heterocycles. The molecule has 2 aromatic rings. The topological polar surface area (TPSA) is 70.7 Å². The Balaban J connectivity index is 2.06. The van der Waals surface area contributed by atoms with Crippen LogP contribution in [-0.4, -0.2) is 21.1 Å². The fourth-order valence-electron chi connectivity index (χ4n) is 1.70. The number of nitrogens with one attached hydrogen (secondary N) is 2. The second-order valence-electron chi connectivity index (χ2n) is 4.41. The van der Waals surface area contributed by atoms with Crippen LogP contribution in [0.2, 0.25) is 0 Å². The largest absolute Gasteiger partial charge is 0.417 e. The van der Waals surface area contributed by atoms with Gasteiger partial charge in [-0.05, 0) is 18.6 Å². The Hall–Kier alpha value is -2.38. The normalized spacial score (nSPS) is 11.4. The molecule has 0 saturated heterocycles. The van der Waals surface area contributed by atoms with Gasteiger partial charge in [0.15, 0.2) is 5.82 Å². The van der Waals surface area contributed by atoms with Crippen molar-refractivity contribution in [3.8, 4) is 0 Å². The highest BCUT2D eigenvalue weighted by atomic mass is 19.4. The minimum atomic E-state index is -4.47. The number of hydrogen-bond donors (Lipinski definition) is 2. The summed E-state index contributed by atoms with van der Waals surface area (Å²) in [6.07, 6.45) is -2.13. The number of aromatic amines is 1. The van der Waals surface area contributed by atoms with Gasteiger partial charge < -0.3 is 5.32 Å². The molecule has 0 fully saturated rings. The Morgan fingerprint density at radius 3 is 2.71 bits per heavy atom. The molecule has 0 unspecified atom stereocenters. The Labute approximate surface area is 118 Å². The van der Waals surface area contributed by atoms with Gasteiger partial charge in [-0.3, -0.25) is 14.9 Å². The second kappa shape index (κ2) is 5.94. The van der Waals surface area contributed by atoms with Crippen LogP contribution < -0.4 is 5.32 Å². The van der Waals surface area contributed by atoms with Crippen LogP contribution in [-0.2, 0) is 12.6 Å². The molecule has 0 aliphatic heterocycles. The van der Waals surface area contributed by atoms with Crippen molar-refractivity contribution in [1.82, 2.24) is 15.2 Å². The number of H-pyrrole nitrogens is 1. The molecule has 0 aliphatic rings. The van der Waals surface area contributed by atoms with E-state index in [9.17, 15) is 18.0 Å². The molecule has 2 N–H and O–H groups in total. The number of carbonyl (C=O) groups excluding carboxylic acids is 1. The quantitative estimate of drug-likeness (QED) is 0.911. The van der Waals surface area contributed by atoms with E-state index in [1.165, 1.54) is 0 Å². The fraction of sp³-hybridized carbons (Fsp3) is 0.308. The first-order valence-electron chi connectivity index (χ1n) is 6.29. The van der Waals surface area contributed by atoms with Crippen molar-refractivity contribution in [2.24, 2.45) is 0 Å². The van der Waals surface area contributed by atoms with Gasteiger partial charge in [0, 0.05) is 18.0 Å². The lowest BCUT2D eigenvalue weighted by Crippen LogP contribution is -2.15. The first-order chi connectivity index (χ1) is 9.90. The Kier molecular flexibility index (Phi) is 4.25. The Bertz CT molecular complexity index is 619. The van der Waals surface area contributed by atoms with Gasteiger partial charge >= 0.3 is 6.18 Å². The molecule has 0 bridgehead atoms. The summed E-state index contributed by atoms with van der Waals surface area (Å²) < 4.78 is 37.2. The molecule has 2 heterocycles. The molecule has 0 atom stereocenters. The first-order valence-corrected chi connectivity index (χ1v) is 6.29. The van der Waals surface area contributed by atoms with Crippen molar-refractivity contribution >= 4 is 11.7 Å². The molecular weight excluding hydrogens is 285 g/mol. The van der Waals surface area contributed by atoms with E-state index in [1.807, 2.05) is 6.92 Å². The van der Waals surface area contributed by atoms with Gasteiger partial charge in [-0.15, -0.1) is 0 Å². The molecule has 5 nitrogen and oxygen atoms in total. The summed E-state index contributed by atoms with van der Waals surface area (Å²) in [4.78, 5) is 15.3. The number of nitrogens with zero attached hydrogens (tertiary/aromatic N) is 2. The van der Waals surface area contributed by atoms with Crippen LogP contribution >= 0.6 is 0 Å². The zero-order chi connectivity index (χ0) is 15.5. The molecule has 112 valence electrons. The van der Waals surface area contributed by atoms with Crippen molar-refractivity contribution in [3.63, 3.8) is 0 Å². The van der Waals surface area contributed by atoms with Gasteiger partial charge in [-0.25, -0.2) is 0 Å². The SMILES string of the molecule is CCCc1cc(NC(=O)c2ccc(C(F)(F)F)cn2)n[nH]1. The van der Waals surface area contributed by atoms with Crippen LogP contribution in [0.25, 0.3) is 0 Å². The number of anilines is 1. The number of hydrogen-bond acceptors (Lipinski definition) is 3. The number of alkyl halides is 3. The lowest BCUT2D eigenvalue weighted by atomic mass is 10.2. The summed E-state index contributed by atoms with van der Waals surface area (Å²) in [7, 11) is 0. The number of rotatable bonds is 4. The van der Waals surface area contributed by atoms with Crippen LogP contribution in [0, 0.1) is 0 Å². The highest BCUT2D eigenvalue weighted by molar-refractivity contribution is 6.02. The smallest absolute Gasteiger partial charge is 0.304 e. The van der Waals surface area contributed by atoms with E-state index in [2.05, 4.69) is 20.5 Å². The maximum absolute atomic E-state index is 12.4. The van der Waals surface area contributed by atoms with Crippen molar-refractivity contribution in [1.29, 1.82) is 0 Å². The van der Waals surface area contributed by atoms with Crippen molar-refractivity contribution in [3.05, 3.63) is 41.3 Å². The van der Waals surface area contributed by atoms with E-state index < -0.39 is 17.6 Å². The van der Waals surface area contributed by atoms with E-state index in [0.717, 1.165) is 30.7 Å². The molecule has 0 aliphatic carbocycles. The summed E-state index contributed by atoms with van der Waals surface area (Å²) in [6.45, 7) is 2.01. The predicted molar refractivity (Wildman–Crippen MR) is 69.8 cm³/mol. The number of amides is 1. The van der Waals surface area contributed by atoms with Crippen molar-refractivity contribution in [2.75, 3.05) is 5.32 Å². The predicted octanol–water partition coefficient (Wildman–Crippen LogP) is 3.03. The number of carbonyl (C=O) groups is 1.